The minimum Gasteiger partial charge on any atom is -0.354 e. The Labute approximate surface area is 149 Å². The summed E-state index contributed by atoms with van der Waals surface area (Å²) < 4.78 is 3.94. The fourth-order valence-electron chi connectivity index (χ4n) is 2.80. The van der Waals surface area contributed by atoms with Crippen LogP contribution in [-0.2, 0) is 11.3 Å². The molecular weight excluding hydrogens is 338 g/mol. The molecule has 0 aliphatic heterocycles. The minimum absolute atomic E-state index is 0.0163. The molecule has 2 heterocycles. The third kappa shape index (κ3) is 3.51. The van der Waals surface area contributed by atoms with Gasteiger partial charge in [0.1, 0.15) is 5.82 Å². The predicted molar refractivity (Wildman–Crippen MR) is 94.3 cm³/mol. The Morgan fingerprint density at radius 3 is 3.04 bits per heavy atom. The molecule has 0 atom stereocenters. The molecule has 4 rings (SSSR count). The molecule has 0 spiro atoms. The van der Waals surface area contributed by atoms with Gasteiger partial charge in [0, 0.05) is 13.1 Å². The van der Waals surface area contributed by atoms with Crippen LogP contribution in [0.1, 0.15) is 24.7 Å². The number of nitrogens with zero attached hydrogens (tertiary/aromatic N) is 6. The van der Waals surface area contributed by atoms with Gasteiger partial charge in [0.2, 0.25) is 11.1 Å². The van der Waals surface area contributed by atoms with Gasteiger partial charge in [-0.25, -0.2) is 9.67 Å². The number of rotatable bonds is 7. The fourth-order valence-corrected chi connectivity index (χ4v) is 3.57. The Morgan fingerprint density at radius 1 is 1.36 bits per heavy atom. The Morgan fingerprint density at radius 2 is 2.20 bits per heavy atom. The second-order valence-electron chi connectivity index (χ2n) is 6.08. The van der Waals surface area contributed by atoms with E-state index in [-0.39, 0.29) is 5.91 Å². The summed E-state index contributed by atoms with van der Waals surface area (Å²) in [5, 5.41) is 15.3. The highest BCUT2D eigenvalue weighted by molar-refractivity contribution is 7.99. The summed E-state index contributed by atoms with van der Waals surface area (Å²) in [5.74, 6) is 1.25. The molecule has 0 saturated heterocycles. The van der Waals surface area contributed by atoms with Crippen LogP contribution < -0.4 is 5.32 Å². The molecule has 1 aliphatic carbocycles. The number of carbonyl (C=O) groups excluding carboxylic acids is 1. The molecule has 2 aromatic heterocycles. The van der Waals surface area contributed by atoms with Crippen molar-refractivity contribution in [3.8, 4) is 0 Å². The molecule has 1 aliphatic rings. The topological polar surface area (TPSA) is 90.5 Å². The molecule has 8 nitrogen and oxygen atoms in total. The van der Waals surface area contributed by atoms with E-state index in [1.54, 1.807) is 0 Å². The highest BCUT2D eigenvalue weighted by Crippen LogP contribution is 2.36. The molecule has 1 amide bonds. The summed E-state index contributed by atoms with van der Waals surface area (Å²) in [4.78, 5) is 16.6. The molecule has 9 heteroatoms. The van der Waals surface area contributed by atoms with Crippen LogP contribution in [-0.4, -0.2) is 48.0 Å². The van der Waals surface area contributed by atoms with Gasteiger partial charge in [0.25, 0.3) is 0 Å². The zero-order valence-corrected chi connectivity index (χ0v) is 14.7. The van der Waals surface area contributed by atoms with Gasteiger partial charge in [-0.3, -0.25) is 4.79 Å². The second kappa shape index (κ2) is 6.83. The van der Waals surface area contributed by atoms with Crippen molar-refractivity contribution in [2.45, 2.75) is 37.5 Å². The second-order valence-corrected chi connectivity index (χ2v) is 7.02. The normalized spacial score (nSPS) is 14.1. The number of carbonyl (C=O) groups is 1. The fraction of sp³-hybridized carbons (Fsp3) is 0.438. The van der Waals surface area contributed by atoms with Crippen molar-refractivity contribution in [3.05, 3.63) is 30.1 Å². The number of nitrogens with one attached hydrogen (secondary N) is 1. The van der Waals surface area contributed by atoms with Crippen LogP contribution in [0.4, 0.5) is 0 Å². The molecule has 0 unspecified atom stereocenters. The zero-order valence-electron chi connectivity index (χ0n) is 13.9. The summed E-state index contributed by atoms with van der Waals surface area (Å²) in [6.07, 6.45) is 2.23. The van der Waals surface area contributed by atoms with Gasteiger partial charge >= 0.3 is 0 Å². The molecule has 1 N–H and O–H groups in total. The Balaban J connectivity index is 1.28. The molecule has 1 fully saturated rings. The van der Waals surface area contributed by atoms with Gasteiger partial charge in [0.15, 0.2) is 0 Å². The number of thioether (sulfide) groups is 1. The highest BCUT2D eigenvalue weighted by atomic mass is 32.2. The van der Waals surface area contributed by atoms with Crippen molar-refractivity contribution in [1.29, 1.82) is 0 Å². The number of aromatic nitrogens is 6. The molecule has 0 radical (unpaired) electrons. The molecule has 0 bridgehead atoms. The van der Waals surface area contributed by atoms with E-state index in [1.165, 1.54) is 11.8 Å². The van der Waals surface area contributed by atoms with Crippen LogP contribution in [0.15, 0.2) is 29.4 Å². The first-order valence-electron chi connectivity index (χ1n) is 8.31. The van der Waals surface area contributed by atoms with Gasteiger partial charge in [-0.1, -0.05) is 23.9 Å². The van der Waals surface area contributed by atoms with E-state index in [9.17, 15) is 4.79 Å². The number of aryl methyl sites for hydroxylation is 1. The van der Waals surface area contributed by atoms with E-state index in [0.29, 0.717) is 30.0 Å². The van der Waals surface area contributed by atoms with E-state index >= 15 is 0 Å². The third-order valence-corrected chi connectivity index (χ3v) is 5.12. The number of hydrogen-bond donors (Lipinski definition) is 1. The summed E-state index contributed by atoms with van der Waals surface area (Å²) in [6, 6.07) is 8.44. The number of imidazole rings is 1. The van der Waals surface area contributed by atoms with Gasteiger partial charge in [0.05, 0.1) is 22.8 Å². The smallest absolute Gasteiger partial charge is 0.230 e. The standard InChI is InChI=1S/C16H19N7OS/c1-11-18-13-4-2-3-5-14(13)22(11)9-8-17-15(24)10-25-16-19-20-21-23(16)12-6-7-12/h2-5,12H,6-10H2,1H3,(H,17,24). The number of amides is 1. The van der Waals surface area contributed by atoms with Crippen LogP contribution in [0.3, 0.4) is 0 Å². The maximum absolute atomic E-state index is 12.1. The van der Waals surface area contributed by atoms with Crippen molar-refractivity contribution in [2.75, 3.05) is 12.3 Å². The minimum atomic E-state index is -0.0163. The van der Waals surface area contributed by atoms with E-state index in [2.05, 4.69) is 30.4 Å². The Kier molecular flexibility index (Phi) is 4.39. The average molecular weight is 357 g/mol. The lowest BCUT2D eigenvalue weighted by Gasteiger charge is -2.08. The maximum Gasteiger partial charge on any atom is 0.230 e. The van der Waals surface area contributed by atoms with E-state index < -0.39 is 0 Å². The van der Waals surface area contributed by atoms with E-state index in [0.717, 1.165) is 29.7 Å². The average Bonchev–Trinajstić information content (AvgIpc) is 3.26. The Hall–Kier alpha value is -2.42. The molecule has 130 valence electrons. The number of benzene rings is 1. The SMILES string of the molecule is Cc1nc2ccccc2n1CCNC(=O)CSc1nnnn1C1CC1. The van der Waals surface area contributed by atoms with Gasteiger partial charge in [-0.05, 0) is 42.3 Å². The van der Waals surface area contributed by atoms with Crippen molar-refractivity contribution >= 4 is 28.7 Å². The van der Waals surface area contributed by atoms with E-state index in [4.69, 9.17) is 0 Å². The maximum atomic E-state index is 12.1. The van der Waals surface area contributed by atoms with Crippen LogP contribution in [0.2, 0.25) is 0 Å². The number of tetrazole rings is 1. The van der Waals surface area contributed by atoms with Crippen molar-refractivity contribution in [1.82, 2.24) is 35.1 Å². The first kappa shape index (κ1) is 16.1. The summed E-state index contributed by atoms with van der Waals surface area (Å²) >= 11 is 1.38. The summed E-state index contributed by atoms with van der Waals surface area (Å²) in [7, 11) is 0. The van der Waals surface area contributed by atoms with Crippen molar-refractivity contribution in [3.63, 3.8) is 0 Å². The third-order valence-electron chi connectivity index (χ3n) is 4.19. The molecular formula is C16H19N7OS. The zero-order chi connectivity index (χ0) is 17.2. The summed E-state index contributed by atoms with van der Waals surface area (Å²) in [6.45, 7) is 3.24. The van der Waals surface area contributed by atoms with Crippen LogP contribution in [0, 0.1) is 6.92 Å². The number of para-hydroxylation sites is 2. The van der Waals surface area contributed by atoms with Gasteiger partial charge in [-0.2, -0.15) is 0 Å². The van der Waals surface area contributed by atoms with Crippen LogP contribution >= 0.6 is 11.8 Å². The summed E-state index contributed by atoms with van der Waals surface area (Å²) in [5.41, 5.74) is 2.07. The monoisotopic (exact) mass is 357 g/mol. The first-order valence-corrected chi connectivity index (χ1v) is 9.30. The molecule has 3 aromatic rings. The lowest BCUT2D eigenvalue weighted by Crippen LogP contribution is -2.29. The molecule has 25 heavy (non-hydrogen) atoms. The largest absolute Gasteiger partial charge is 0.354 e. The number of hydrogen-bond acceptors (Lipinski definition) is 6. The number of fused-ring (bicyclic) bond motifs is 1. The van der Waals surface area contributed by atoms with Crippen LogP contribution in [0.25, 0.3) is 11.0 Å². The first-order chi connectivity index (χ1) is 12.2. The van der Waals surface area contributed by atoms with Crippen molar-refractivity contribution in [2.24, 2.45) is 0 Å². The molecule has 1 saturated carbocycles. The van der Waals surface area contributed by atoms with Crippen molar-refractivity contribution < 1.29 is 4.79 Å². The van der Waals surface area contributed by atoms with Gasteiger partial charge < -0.3 is 9.88 Å². The van der Waals surface area contributed by atoms with E-state index in [1.807, 2.05) is 35.9 Å². The van der Waals surface area contributed by atoms with Gasteiger partial charge in [-0.15, -0.1) is 5.10 Å². The quantitative estimate of drug-likeness (QED) is 0.646. The van der Waals surface area contributed by atoms with Crippen LogP contribution in [0.5, 0.6) is 0 Å². The molecule has 1 aromatic carbocycles. The lowest BCUT2D eigenvalue weighted by molar-refractivity contribution is -0.118. The highest BCUT2D eigenvalue weighted by Gasteiger charge is 2.28. The predicted octanol–water partition coefficient (Wildman–Crippen LogP) is 1.57. The Bertz CT molecular complexity index is 899. The lowest BCUT2D eigenvalue weighted by atomic mass is 10.3.